The fraction of sp³-hybridized carbons (Fsp3) is 0.188. The van der Waals surface area contributed by atoms with Crippen molar-refractivity contribution in [1.82, 2.24) is 0 Å². The average molecular weight is 1170 g/mol. The van der Waals surface area contributed by atoms with Crippen molar-refractivity contribution in [3.05, 3.63) is 264 Å². The maximum Gasteiger partial charge on any atom is 0.345 e. The molecule has 0 bridgehead atoms. The van der Waals surface area contributed by atoms with Crippen molar-refractivity contribution in [3.8, 4) is 0 Å². The van der Waals surface area contributed by atoms with E-state index in [0.29, 0.717) is 0 Å². The summed E-state index contributed by atoms with van der Waals surface area (Å²) in [4.78, 5) is 106. The van der Waals surface area contributed by atoms with Crippen molar-refractivity contribution < 1.29 is 81.0 Å². The van der Waals surface area contributed by atoms with E-state index in [-0.39, 0.29) is 64.0 Å². The summed E-state index contributed by atoms with van der Waals surface area (Å²) in [6, 6.07) is 57.9. The fourth-order valence-corrected chi connectivity index (χ4v) is 7.49. The third-order valence-electron chi connectivity index (χ3n) is 11.3. The van der Waals surface area contributed by atoms with Gasteiger partial charge in [-0.05, 0) is 89.1 Å². The molecule has 6 aromatic carbocycles. The SMILES string of the molecule is CCOC(=O)/C(=C/C=C(c1ccccc1)c1ccccc1)C(=O)OCCOC(=O)/C(=C\C=C(c1ccccc1)c1ccccc1)C(=O)OCC.O=CC=C(c1ccccc1)c1ccccc1.[CH2+]COC(=O)CC(=O)OCCOC(=O)CC(=O)OCC. The first-order chi connectivity index (χ1) is 41.8. The summed E-state index contributed by atoms with van der Waals surface area (Å²) in [5, 5.41) is 0. The minimum atomic E-state index is -0.962. The first-order valence-electron chi connectivity index (χ1n) is 27.3. The van der Waals surface area contributed by atoms with Crippen LogP contribution < -0.4 is 0 Å². The molecule has 0 radical (unpaired) electrons. The molecule has 0 unspecified atom stereocenters. The van der Waals surface area contributed by atoms with Crippen molar-refractivity contribution in [1.29, 1.82) is 0 Å². The number of hydrogen-bond acceptors (Lipinski definition) is 17. The monoisotopic (exact) mass is 1170 g/mol. The number of carbonyl (C=O) groups is 9. The highest BCUT2D eigenvalue weighted by Crippen LogP contribution is 2.26. The minimum Gasteiger partial charge on any atom is -0.466 e. The lowest BCUT2D eigenvalue weighted by atomic mass is 9.97. The third kappa shape index (κ3) is 24.8. The molecule has 0 atom stereocenters. The van der Waals surface area contributed by atoms with Gasteiger partial charge in [-0.3, -0.25) is 24.0 Å². The van der Waals surface area contributed by atoms with Crippen molar-refractivity contribution in [2.45, 2.75) is 33.6 Å². The quantitative estimate of drug-likeness (QED) is 0.00537. The van der Waals surface area contributed by atoms with Crippen LogP contribution in [-0.4, -0.2) is 107 Å². The summed E-state index contributed by atoms with van der Waals surface area (Å²) in [6.45, 7) is 7.12. The Hall–Kier alpha value is -10.7. The van der Waals surface area contributed by atoms with Gasteiger partial charge in [-0.2, -0.15) is 0 Å². The number of aldehydes is 1. The Morgan fingerprint density at radius 2 is 0.558 bits per heavy atom. The molecule has 0 saturated heterocycles. The zero-order valence-electron chi connectivity index (χ0n) is 48.0. The summed E-state index contributed by atoms with van der Waals surface area (Å²) in [6.07, 6.45) is 7.41. The molecular weight excluding hydrogens is 1100 g/mol. The Bertz CT molecular complexity index is 2980. The number of esters is 8. The van der Waals surface area contributed by atoms with Gasteiger partial charge in [0, 0.05) is 0 Å². The second kappa shape index (κ2) is 39.7. The van der Waals surface area contributed by atoms with Gasteiger partial charge in [0.1, 0.15) is 63.6 Å². The molecule has 0 heterocycles. The first-order valence-corrected chi connectivity index (χ1v) is 27.3. The Morgan fingerprint density at radius 3 is 0.826 bits per heavy atom. The Morgan fingerprint density at radius 1 is 0.314 bits per heavy atom. The predicted octanol–water partition coefficient (Wildman–Crippen LogP) is 10.4. The molecule has 0 aliphatic rings. The number of allylic oxidation sites excluding steroid dienone is 5. The van der Waals surface area contributed by atoms with Gasteiger partial charge >= 0.3 is 47.8 Å². The van der Waals surface area contributed by atoms with Gasteiger partial charge in [-0.25, -0.2) is 19.2 Å². The maximum atomic E-state index is 13.1. The van der Waals surface area contributed by atoms with Crippen LogP contribution in [-0.2, 0) is 81.0 Å². The lowest BCUT2D eigenvalue weighted by Crippen LogP contribution is -2.22. The molecule has 0 aliphatic carbocycles. The predicted molar refractivity (Wildman–Crippen MR) is 321 cm³/mol. The van der Waals surface area contributed by atoms with Crippen LogP contribution >= 0.6 is 0 Å². The van der Waals surface area contributed by atoms with Crippen molar-refractivity contribution in [2.24, 2.45) is 0 Å². The van der Waals surface area contributed by atoms with Crippen LogP contribution in [0.3, 0.4) is 0 Å². The normalized spacial score (nSPS) is 10.4. The van der Waals surface area contributed by atoms with Gasteiger partial charge < -0.3 is 37.9 Å². The number of benzene rings is 6. The van der Waals surface area contributed by atoms with Crippen molar-refractivity contribution in [3.63, 3.8) is 0 Å². The molecular formula is C69H67O17+. The largest absolute Gasteiger partial charge is 0.466 e. The van der Waals surface area contributed by atoms with E-state index in [1.807, 2.05) is 182 Å². The molecule has 6 aromatic rings. The molecule has 86 heavy (non-hydrogen) atoms. The van der Waals surface area contributed by atoms with Crippen molar-refractivity contribution >= 4 is 70.8 Å². The van der Waals surface area contributed by atoms with E-state index in [1.165, 1.54) is 12.2 Å². The molecule has 0 amide bonds. The molecule has 0 fully saturated rings. The summed E-state index contributed by atoms with van der Waals surface area (Å²) in [7, 11) is 0. The van der Waals surface area contributed by atoms with Crippen LogP contribution in [0.25, 0.3) is 16.7 Å². The standard InChI is InChI=1S/C42H38O8.C15H12O.C12H17O8/c1-3-47-39(43)37(27-25-35(31-17-9-5-10-18-31)32-19-11-6-12-20-32)41(45)49-29-30-50-42(46)38(40(44)48-4-2)28-26-36(33-21-13-7-14-22-33)34-23-15-8-16-24-34;16-12-11-15(13-7-3-1-4-8-13)14-9-5-2-6-10-14;1-3-17-9(13)7-11(15)19-5-6-20-12(16)8-10(14)18-4-2/h5-28H,3-4,29-30H2,1-2H3;1-12H;1,3-8H2,2H3/q;;+1/b37-27-,38-28-;;. The lowest BCUT2D eigenvalue weighted by Gasteiger charge is -2.11. The number of carbonyl (C=O) groups excluding carboxylic acids is 9. The summed E-state index contributed by atoms with van der Waals surface area (Å²) < 4.78 is 39.1. The molecule has 0 aliphatic heterocycles. The Kier molecular flexibility index (Phi) is 31.3. The van der Waals surface area contributed by atoms with Gasteiger partial charge in [0.25, 0.3) is 0 Å². The van der Waals surface area contributed by atoms with Crippen LogP contribution in [0.15, 0.2) is 224 Å². The minimum absolute atomic E-state index is 0.0443. The number of hydrogen-bond donors (Lipinski definition) is 0. The van der Waals surface area contributed by atoms with Gasteiger partial charge in [0.2, 0.25) is 6.61 Å². The van der Waals surface area contributed by atoms with Gasteiger partial charge in [0.05, 0.1) is 19.8 Å². The second-order valence-electron chi connectivity index (χ2n) is 17.3. The average Bonchev–Trinajstić information content (AvgIpc) is 3.21. The lowest BCUT2D eigenvalue weighted by molar-refractivity contribution is -0.160. The fourth-order valence-electron chi connectivity index (χ4n) is 7.49. The highest BCUT2D eigenvalue weighted by Gasteiger charge is 2.24. The summed E-state index contributed by atoms with van der Waals surface area (Å²) in [5.41, 5.74) is 7.42. The molecule has 6 rings (SSSR count). The number of ether oxygens (including phenoxy) is 8. The Labute approximate surface area is 500 Å². The zero-order chi connectivity index (χ0) is 62.2. The second-order valence-corrected chi connectivity index (χ2v) is 17.3. The van der Waals surface area contributed by atoms with E-state index < -0.39 is 60.6 Å². The van der Waals surface area contributed by atoms with E-state index in [9.17, 15) is 43.2 Å². The van der Waals surface area contributed by atoms with Gasteiger partial charge in [-0.1, -0.05) is 194 Å². The van der Waals surface area contributed by atoms with Crippen LogP contribution in [0.5, 0.6) is 0 Å². The molecule has 0 aromatic heterocycles. The topological polar surface area (TPSA) is 227 Å². The molecule has 0 spiro atoms. The highest BCUT2D eigenvalue weighted by atomic mass is 16.6. The summed E-state index contributed by atoms with van der Waals surface area (Å²) >= 11 is 0. The van der Waals surface area contributed by atoms with Gasteiger partial charge in [-0.15, -0.1) is 0 Å². The van der Waals surface area contributed by atoms with Crippen LogP contribution in [0.2, 0.25) is 0 Å². The van der Waals surface area contributed by atoms with Crippen LogP contribution in [0.1, 0.15) is 67.0 Å². The van der Waals surface area contributed by atoms with E-state index in [1.54, 1.807) is 39.0 Å². The smallest absolute Gasteiger partial charge is 0.345 e. The van der Waals surface area contributed by atoms with E-state index in [4.69, 9.17) is 18.9 Å². The molecule has 444 valence electrons. The first kappa shape index (κ1) is 67.8. The van der Waals surface area contributed by atoms with Crippen LogP contribution in [0.4, 0.5) is 0 Å². The molecule has 17 nitrogen and oxygen atoms in total. The molecule has 17 heteroatoms. The van der Waals surface area contributed by atoms with E-state index >= 15 is 0 Å². The van der Waals surface area contributed by atoms with Gasteiger partial charge in [0.15, 0.2) is 0 Å². The van der Waals surface area contributed by atoms with E-state index in [0.717, 1.165) is 56.4 Å². The number of rotatable bonds is 27. The summed E-state index contributed by atoms with van der Waals surface area (Å²) in [5.74, 6) is -6.67. The van der Waals surface area contributed by atoms with E-state index in [2.05, 4.69) is 25.9 Å². The molecule has 0 saturated carbocycles. The zero-order valence-corrected chi connectivity index (χ0v) is 48.0. The Balaban J connectivity index is 0.000000357. The molecule has 0 N–H and O–H groups in total. The highest BCUT2D eigenvalue weighted by molar-refractivity contribution is 6.15. The third-order valence-corrected chi connectivity index (χ3v) is 11.3. The van der Waals surface area contributed by atoms with Crippen molar-refractivity contribution in [2.75, 3.05) is 52.9 Å². The maximum absolute atomic E-state index is 13.1. The van der Waals surface area contributed by atoms with Crippen LogP contribution in [0, 0.1) is 6.92 Å².